The minimum Gasteiger partial charge on any atom is -0.449 e. The maximum atomic E-state index is 12.8. The average molecular weight is 417 g/mol. The van der Waals surface area contributed by atoms with Crippen molar-refractivity contribution < 1.29 is 40.8 Å². The zero-order valence-electron chi connectivity index (χ0n) is 14.1. The molecule has 0 aliphatic heterocycles. The molecule has 0 amide bonds. The second kappa shape index (κ2) is 8.22. The molecule has 0 unspecified atom stereocenters. The number of carbonyl (C=O) groups is 1. The lowest BCUT2D eigenvalue weighted by Crippen LogP contribution is -2.11. The highest BCUT2D eigenvalue weighted by atomic mass is 19.4. The molecule has 2 aromatic carbocycles. The van der Waals surface area contributed by atoms with Gasteiger partial charge in [0, 0.05) is 17.7 Å². The van der Waals surface area contributed by atoms with Crippen molar-refractivity contribution >= 4 is 11.7 Å². The largest absolute Gasteiger partial charge is 0.449 e. The molecule has 0 radical (unpaired) electrons. The first-order chi connectivity index (χ1) is 13.4. The Labute approximate surface area is 159 Å². The van der Waals surface area contributed by atoms with Gasteiger partial charge in [-0.3, -0.25) is 10.1 Å². The number of hydrogen-bond donors (Lipinski definition) is 0. The monoisotopic (exact) mass is 417 g/mol. The van der Waals surface area contributed by atoms with Gasteiger partial charge in [0.25, 0.3) is 5.69 Å². The van der Waals surface area contributed by atoms with Crippen LogP contribution >= 0.6 is 0 Å². The standard InChI is InChI=1S/C18H9F6NO4/c19-17(20,21)13-8-11(9-14(10-13)18(22,23)24)2-1-7-29-16(26)12-3-5-15(6-4-12)25(27)28/h3-6,8-10H,7H2. The van der Waals surface area contributed by atoms with Crippen LogP contribution in [0, 0.1) is 22.0 Å². The van der Waals surface area contributed by atoms with Crippen LogP contribution in [-0.2, 0) is 17.1 Å². The SMILES string of the molecule is O=C(OCC#Cc1cc(C(F)(F)F)cc(C(F)(F)F)c1)c1ccc([N+](=O)[O-])cc1. The normalized spacial score (nSPS) is 11.4. The fourth-order valence-corrected chi connectivity index (χ4v) is 2.07. The van der Waals surface area contributed by atoms with Crippen molar-refractivity contribution in [3.63, 3.8) is 0 Å². The average Bonchev–Trinajstić information content (AvgIpc) is 2.63. The van der Waals surface area contributed by atoms with E-state index in [1.165, 1.54) is 0 Å². The summed E-state index contributed by atoms with van der Waals surface area (Å²) in [5.74, 6) is 3.32. The van der Waals surface area contributed by atoms with Crippen molar-refractivity contribution in [1.29, 1.82) is 0 Å². The fraction of sp³-hybridized carbons (Fsp3) is 0.167. The van der Waals surface area contributed by atoms with E-state index in [1.54, 1.807) is 0 Å². The van der Waals surface area contributed by atoms with Crippen LogP contribution in [0.2, 0.25) is 0 Å². The molecule has 11 heteroatoms. The topological polar surface area (TPSA) is 69.4 Å². The van der Waals surface area contributed by atoms with Gasteiger partial charge in [-0.1, -0.05) is 11.8 Å². The second-order valence-electron chi connectivity index (χ2n) is 5.48. The van der Waals surface area contributed by atoms with E-state index >= 15 is 0 Å². The van der Waals surface area contributed by atoms with Crippen LogP contribution in [0.5, 0.6) is 0 Å². The molecule has 2 aromatic rings. The molecule has 0 atom stereocenters. The number of esters is 1. The van der Waals surface area contributed by atoms with Crippen molar-refractivity contribution in [3.8, 4) is 11.8 Å². The Kier molecular flexibility index (Phi) is 6.16. The molecule has 5 nitrogen and oxygen atoms in total. The van der Waals surface area contributed by atoms with E-state index in [9.17, 15) is 41.3 Å². The number of halogens is 6. The van der Waals surface area contributed by atoms with Crippen LogP contribution in [0.25, 0.3) is 0 Å². The third-order valence-corrected chi connectivity index (χ3v) is 3.41. The molecule has 0 saturated heterocycles. The van der Waals surface area contributed by atoms with Gasteiger partial charge in [0.1, 0.15) is 0 Å². The zero-order chi connectivity index (χ0) is 21.8. The lowest BCUT2D eigenvalue weighted by atomic mass is 10.1. The summed E-state index contributed by atoms with van der Waals surface area (Å²) >= 11 is 0. The number of benzene rings is 2. The molecule has 2 rings (SSSR count). The summed E-state index contributed by atoms with van der Waals surface area (Å²) in [6, 6.07) is 5.22. The molecule has 0 heterocycles. The van der Waals surface area contributed by atoms with E-state index < -0.39 is 46.5 Å². The Morgan fingerprint density at radius 3 is 1.93 bits per heavy atom. The van der Waals surface area contributed by atoms with Crippen molar-refractivity contribution in [2.75, 3.05) is 6.61 Å². The van der Waals surface area contributed by atoms with Crippen LogP contribution < -0.4 is 0 Å². The van der Waals surface area contributed by atoms with Gasteiger partial charge in [-0.15, -0.1) is 0 Å². The number of alkyl halides is 6. The molecule has 0 fully saturated rings. The highest BCUT2D eigenvalue weighted by molar-refractivity contribution is 5.89. The highest BCUT2D eigenvalue weighted by Crippen LogP contribution is 2.36. The molecule has 0 saturated carbocycles. The number of carbonyl (C=O) groups excluding carboxylic acids is 1. The Bertz CT molecular complexity index is 952. The highest BCUT2D eigenvalue weighted by Gasteiger charge is 2.36. The fourth-order valence-electron chi connectivity index (χ4n) is 2.07. The van der Waals surface area contributed by atoms with Crippen molar-refractivity contribution in [3.05, 3.63) is 74.8 Å². The lowest BCUT2D eigenvalue weighted by Gasteiger charge is -2.12. The number of ether oxygens (including phenoxy) is 1. The van der Waals surface area contributed by atoms with Gasteiger partial charge in [-0.25, -0.2) is 4.79 Å². The molecule has 0 spiro atoms. The number of hydrogen-bond acceptors (Lipinski definition) is 4. The van der Waals surface area contributed by atoms with Gasteiger partial charge >= 0.3 is 18.3 Å². The Balaban J connectivity index is 2.13. The third kappa shape index (κ3) is 5.97. The van der Waals surface area contributed by atoms with Crippen LogP contribution in [0.15, 0.2) is 42.5 Å². The summed E-state index contributed by atoms with van der Waals surface area (Å²) < 4.78 is 81.3. The van der Waals surface area contributed by atoms with Gasteiger partial charge in [0.2, 0.25) is 0 Å². The van der Waals surface area contributed by atoms with E-state index in [2.05, 4.69) is 11.8 Å². The molecule has 29 heavy (non-hydrogen) atoms. The molecule has 0 aliphatic carbocycles. The predicted molar refractivity (Wildman–Crippen MR) is 86.7 cm³/mol. The van der Waals surface area contributed by atoms with Crippen LogP contribution in [0.1, 0.15) is 27.0 Å². The van der Waals surface area contributed by atoms with Crippen molar-refractivity contribution in [2.24, 2.45) is 0 Å². The first-order valence-corrected chi connectivity index (χ1v) is 7.58. The van der Waals surface area contributed by atoms with Crippen LogP contribution in [0.4, 0.5) is 32.0 Å². The molecule has 152 valence electrons. The van der Waals surface area contributed by atoms with Gasteiger partial charge in [-0.2, -0.15) is 26.3 Å². The minimum atomic E-state index is -5.00. The number of nitrogens with zero attached hydrogens (tertiary/aromatic N) is 1. The van der Waals surface area contributed by atoms with Crippen molar-refractivity contribution in [2.45, 2.75) is 12.4 Å². The molecular formula is C18H9F6NO4. The van der Waals surface area contributed by atoms with Gasteiger partial charge in [-0.05, 0) is 30.3 Å². The smallest absolute Gasteiger partial charge is 0.416 e. The maximum Gasteiger partial charge on any atom is 0.416 e. The van der Waals surface area contributed by atoms with E-state index in [0.717, 1.165) is 24.3 Å². The molecule has 0 bridgehead atoms. The Morgan fingerprint density at radius 2 is 1.48 bits per heavy atom. The summed E-state index contributed by atoms with van der Waals surface area (Å²) in [5, 5.41) is 10.5. The van der Waals surface area contributed by atoms with E-state index in [-0.39, 0.29) is 17.3 Å². The molecule has 0 aliphatic rings. The quantitative estimate of drug-likeness (QED) is 0.236. The van der Waals surface area contributed by atoms with Gasteiger partial charge < -0.3 is 4.74 Å². The minimum absolute atomic E-state index is 0.0280. The van der Waals surface area contributed by atoms with Crippen molar-refractivity contribution in [1.82, 2.24) is 0 Å². The van der Waals surface area contributed by atoms with E-state index in [1.807, 2.05) is 0 Å². The number of nitro benzene ring substituents is 1. The van der Waals surface area contributed by atoms with E-state index in [0.29, 0.717) is 12.1 Å². The summed E-state index contributed by atoms with van der Waals surface area (Å²) in [6.45, 7) is -0.618. The summed E-state index contributed by atoms with van der Waals surface area (Å²) in [4.78, 5) is 21.6. The van der Waals surface area contributed by atoms with Crippen LogP contribution in [-0.4, -0.2) is 17.5 Å². The lowest BCUT2D eigenvalue weighted by molar-refractivity contribution is -0.384. The summed E-state index contributed by atoms with van der Waals surface area (Å²) in [6.07, 6.45) is -10.00. The zero-order valence-corrected chi connectivity index (χ0v) is 14.1. The van der Waals surface area contributed by atoms with Gasteiger partial charge in [0.05, 0.1) is 21.6 Å². The molecular weight excluding hydrogens is 408 g/mol. The number of rotatable bonds is 3. The first kappa shape index (κ1) is 21.7. The van der Waals surface area contributed by atoms with E-state index in [4.69, 9.17) is 4.74 Å². The Morgan fingerprint density at radius 1 is 0.966 bits per heavy atom. The Hall–Kier alpha value is -3.55. The number of non-ortho nitro benzene ring substituents is 1. The number of nitro groups is 1. The molecule has 0 N–H and O–H groups in total. The van der Waals surface area contributed by atoms with Crippen LogP contribution in [0.3, 0.4) is 0 Å². The molecule has 0 aromatic heterocycles. The first-order valence-electron chi connectivity index (χ1n) is 7.58. The second-order valence-corrected chi connectivity index (χ2v) is 5.48. The third-order valence-electron chi connectivity index (χ3n) is 3.41. The predicted octanol–water partition coefficient (Wildman–Crippen LogP) is 4.84. The maximum absolute atomic E-state index is 12.8. The van der Waals surface area contributed by atoms with Gasteiger partial charge in [0.15, 0.2) is 6.61 Å². The summed E-state index contributed by atoms with van der Waals surface area (Å²) in [7, 11) is 0. The summed E-state index contributed by atoms with van der Waals surface area (Å²) in [5.41, 5.74) is -3.89.